The average Bonchev–Trinajstić information content (AvgIpc) is 3.02. The fourth-order valence-corrected chi connectivity index (χ4v) is 3.95. The van der Waals surface area contributed by atoms with Gasteiger partial charge in [0, 0.05) is 11.2 Å². The Morgan fingerprint density at radius 3 is 2.48 bits per heavy atom. The van der Waals surface area contributed by atoms with Crippen LogP contribution in [0.25, 0.3) is 10.9 Å². The summed E-state index contributed by atoms with van der Waals surface area (Å²) >= 11 is 0. The van der Waals surface area contributed by atoms with Crippen LogP contribution in [-0.2, 0) is 21.4 Å². The number of aromatic nitrogens is 1. The molecule has 1 heterocycles. The first-order valence-corrected chi connectivity index (χ1v) is 9.18. The molecule has 0 radical (unpaired) electrons. The van der Waals surface area contributed by atoms with Gasteiger partial charge in [-0.15, -0.1) is 0 Å². The van der Waals surface area contributed by atoms with E-state index >= 15 is 0 Å². The third-order valence-corrected chi connectivity index (χ3v) is 5.69. The third-order valence-electron chi connectivity index (χ3n) is 3.93. The summed E-state index contributed by atoms with van der Waals surface area (Å²) in [4.78, 5) is 15.5. The standard InChI is InChI=1S/C19H18N2O3S/c1-3-19(22)21(25(23,24)17-10-8-14(2)9-11-17)13-16-12-15-6-4-5-7-18(15)20-16/h3-12,20H,1,13H2,2H3. The van der Waals surface area contributed by atoms with Gasteiger partial charge in [0.1, 0.15) is 0 Å². The molecule has 0 aliphatic rings. The minimum Gasteiger partial charge on any atom is -0.357 e. The molecule has 1 amide bonds. The molecule has 2 aromatic carbocycles. The van der Waals surface area contributed by atoms with Gasteiger partial charge >= 0.3 is 0 Å². The second-order valence-electron chi connectivity index (χ2n) is 5.75. The van der Waals surface area contributed by atoms with Gasteiger partial charge in [-0.1, -0.05) is 42.5 Å². The van der Waals surface area contributed by atoms with Crippen LogP contribution in [0, 0.1) is 6.92 Å². The van der Waals surface area contributed by atoms with Crippen molar-refractivity contribution in [1.29, 1.82) is 0 Å². The zero-order valence-electron chi connectivity index (χ0n) is 13.8. The molecule has 1 aromatic heterocycles. The summed E-state index contributed by atoms with van der Waals surface area (Å²) in [5.74, 6) is -0.667. The Morgan fingerprint density at radius 2 is 1.84 bits per heavy atom. The largest absolute Gasteiger partial charge is 0.357 e. The predicted octanol–water partition coefficient (Wildman–Crippen LogP) is 3.38. The van der Waals surface area contributed by atoms with E-state index in [1.807, 2.05) is 37.3 Å². The number of amides is 1. The van der Waals surface area contributed by atoms with Crippen LogP contribution < -0.4 is 0 Å². The lowest BCUT2D eigenvalue weighted by atomic mass is 10.2. The van der Waals surface area contributed by atoms with Crippen molar-refractivity contribution in [2.75, 3.05) is 0 Å². The third kappa shape index (κ3) is 3.34. The number of carbonyl (C=O) groups excluding carboxylic acids is 1. The first-order valence-electron chi connectivity index (χ1n) is 7.74. The monoisotopic (exact) mass is 354 g/mol. The van der Waals surface area contributed by atoms with E-state index in [1.165, 1.54) is 12.1 Å². The maximum absolute atomic E-state index is 12.9. The molecular formula is C19H18N2O3S. The van der Waals surface area contributed by atoms with Crippen LogP contribution in [0.5, 0.6) is 0 Å². The van der Waals surface area contributed by atoms with Gasteiger partial charge in [-0.3, -0.25) is 4.79 Å². The van der Waals surface area contributed by atoms with Crippen molar-refractivity contribution in [2.45, 2.75) is 18.4 Å². The highest BCUT2D eigenvalue weighted by atomic mass is 32.2. The van der Waals surface area contributed by atoms with E-state index in [0.29, 0.717) is 5.69 Å². The second-order valence-corrected chi connectivity index (χ2v) is 7.61. The summed E-state index contributed by atoms with van der Waals surface area (Å²) in [7, 11) is -3.97. The van der Waals surface area contributed by atoms with Crippen LogP contribution in [0.3, 0.4) is 0 Å². The fraction of sp³-hybridized carbons (Fsp3) is 0.105. The quantitative estimate of drug-likeness (QED) is 0.714. The summed E-state index contributed by atoms with van der Waals surface area (Å²) in [6, 6.07) is 15.8. The number of sulfonamides is 1. The Balaban J connectivity index is 2.00. The van der Waals surface area contributed by atoms with Gasteiger partial charge in [-0.25, -0.2) is 12.7 Å². The van der Waals surface area contributed by atoms with E-state index in [2.05, 4.69) is 11.6 Å². The molecule has 3 aromatic rings. The molecule has 0 saturated heterocycles. The molecule has 25 heavy (non-hydrogen) atoms. The number of aromatic amines is 1. The Labute approximate surface area is 146 Å². The number of hydrogen-bond acceptors (Lipinski definition) is 3. The van der Waals surface area contributed by atoms with Crippen LogP contribution in [0.2, 0.25) is 0 Å². The van der Waals surface area contributed by atoms with Crippen LogP contribution in [0.4, 0.5) is 0 Å². The smallest absolute Gasteiger partial charge is 0.267 e. The number of nitrogens with one attached hydrogen (secondary N) is 1. The minimum atomic E-state index is -3.97. The number of benzene rings is 2. The normalized spacial score (nSPS) is 11.4. The number of para-hydroxylation sites is 1. The molecule has 0 atom stereocenters. The van der Waals surface area contributed by atoms with Crippen molar-refractivity contribution in [3.63, 3.8) is 0 Å². The van der Waals surface area contributed by atoms with Crippen LogP contribution in [0.15, 0.2) is 72.1 Å². The molecule has 5 nitrogen and oxygen atoms in total. The molecule has 3 rings (SSSR count). The van der Waals surface area contributed by atoms with Crippen molar-refractivity contribution in [3.8, 4) is 0 Å². The molecule has 0 spiro atoms. The van der Waals surface area contributed by atoms with E-state index in [4.69, 9.17) is 0 Å². The maximum Gasteiger partial charge on any atom is 0.267 e. The Bertz CT molecular complexity index is 1000. The average molecular weight is 354 g/mol. The van der Waals surface area contributed by atoms with Gasteiger partial charge in [-0.2, -0.15) is 0 Å². The topological polar surface area (TPSA) is 70.2 Å². The second kappa shape index (κ2) is 6.57. The van der Waals surface area contributed by atoms with E-state index in [9.17, 15) is 13.2 Å². The van der Waals surface area contributed by atoms with Gasteiger partial charge in [-0.05, 0) is 42.7 Å². The molecule has 1 N–H and O–H groups in total. The zero-order valence-corrected chi connectivity index (χ0v) is 14.6. The van der Waals surface area contributed by atoms with Crippen molar-refractivity contribution in [3.05, 3.63) is 78.5 Å². The molecule has 0 aliphatic heterocycles. The molecule has 0 unspecified atom stereocenters. The first-order chi connectivity index (χ1) is 11.9. The van der Waals surface area contributed by atoms with E-state index in [1.54, 1.807) is 12.1 Å². The molecule has 0 bridgehead atoms. The van der Waals surface area contributed by atoms with E-state index < -0.39 is 15.9 Å². The van der Waals surface area contributed by atoms with Crippen LogP contribution >= 0.6 is 0 Å². The van der Waals surface area contributed by atoms with Gasteiger partial charge < -0.3 is 4.98 Å². The van der Waals surface area contributed by atoms with Crippen LogP contribution in [-0.4, -0.2) is 23.6 Å². The van der Waals surface area contributed by atoms with Gasteiger partial charge in [0.2, 0.25) is 0 Å². The first kappa shape index (κ1) is 17.0. The number of carbonyl (C=O) groups is 1. The number of fused-ring (bicyclic) bond motifs is 1. The van der Waals surface area contributed by atoms with Crippen molar-refractivity contribution in [2.24, 2.45) is 0 Å². The summed E-state index contributed by atoms with van der Waals surface area (Å²) in [5.41, 5.74) is 2.46. The number of nitrogens with zero attached hydrogens (tertiary/aromatic N) is 1. The minimum absolute atomic E-state index is 0.0735. The molecule has 128 valence electrons. The number of aryl methyl sites for hydroxylation is 1. The SMILES string of the molecule is C=CC(=O)N(Cc1cc2ccccc2[nH]1)S(=O)(=O)c1ccc(C)cc1. The number of hydrogen-bond donors (Lipinski definition) is 1. The molecule has 0 fully saturated rings. The van der Waals surface area contributed by atoms with Crippen LogP contribution in [0.1, 0.15) is 11.3 Å². The maximum atomic E-state index is 12.9. The highest BCUT2D eigenvalue weighted by Gasteiger charge is 2.28. The summed E-state index contributed by atoms with van der Waals surface area (Å²) in [6.07, 6.45) is 1.01. The predicted molar refractivity (Wildman–Crippen MR) is 97.4 cm³/mol. The lowest BCUT2D eigenvalue weighted by Gasteiger charge is -2.20. The zero-order chi connectivity index (χ0) is 18.0. The number of rotatable bonds is 5. The summed E-state index contributed by atoms with van der Waals surface area (Å²) in [6.45, 7) is 5.20. The van der Waals surface area contributed by atoms with E-state index in [-0.39, 0.29) is 11.4 Å². The Morgan fingerprint density at radius 1 is 1.16 bits per heavy atom. The Hall–Kier alpha value is -2.86. The fourth-order valence-electron chi connectivity index (χ4n) is 2.59. The lowest BCUT2D eigenvalue weighted by Crippen LogP contribution is -2.35. The van der Waals surface area contributed by atoms with Gasteiger partial charge in [0.05, 0.1) is 11.4 Å². The molecular weight excluding hydrogens is 336 g/mol. The van der Waals surface area contributed by atoms with Crippen molar-refractivity contribution >= 4 is 26.8 Å². The summed E-state index contributed by atoms with van der Waals surface area (Å²) in [5, 5.41) is 0.955. The van der Waals surface area contributed by atoms with Crippen molar-refractivity contribution in [1.82, 2.24) is 9.29 Å². The highest BCUT2D eigenvalue weighted by Crippen LogP contribution is 2.21. The van der Waals surface area contributed by atoms with Crippen molar-refractivity contribution < 1.29 is 13.2 Å². The number of H-pyrrole nitrogens is 1. The molecule has 6 heteroatoms. The Kier molecular flexibility index (Phi) is 4.46. The van der Waals surface area contributed by atoms with E-state index in [0.717, 1.165) is 26.8 Å². The lowest BCUT2D eigenvalue weighted by molar-refractivity contribution is -0.122. The molecule has 0 saturated carbocycles. The molecule has 0 aliphatic carbocycles. The van der Waals surface area contributed by atoms with Gasteiger partial charge in [0.25, 0.3) is 15.9 Å². The summed E-state index contributed by atoms with van der Waals surface area (Å²) < 4.78 is 26.6. The van der Waals surface area contributed by atoms with Gasteiger partial charge in [0.15, 0.2) is 0 Å². The highest BCUT2D eigenvalue weighted by molar-refractivity contribution is 7.89.